The summed E-state index contributed by atoms with van der Waals surface area (Å²) in [5, 5.41) is 10.8. The first-order chi connectivity index (χ1) is 6.48. The lowest BCUT2D eigenvalue weighted by Crippen LogP contribution is -2.11. The van der Waals surface area contributed by atoms with Gasteiger partial charge in [0, 0.05) is 0 Å². The van der Waals surface area contributed by atoms with Gasteiger partial charge < -0.3 is 5.21 Å². The number of hydrogen-bond donors (Lipinski definition) is 1. The number of hydrogen-bond acceptors (Lipinski definition) is 4. The van der Waals surface area contributed by atoms with Gasteiger partial charge in [0.2, 0.25) is 9.84 Å². The Labute approximate surface area is 82.8 Å². The summed E-state index contributed by atoms with van der Waals surface area (Å²) < 4.78 is 23.2. The fourth-order valence-corrected chi connectivity index (χ4v) is 1.88. The Bertz CT molecular complexity index is 445. The van der Waals surface area contributed by atoms with Crippen molar-refractivity contribution in [1.82, 2.24) is 0 Å². The van der Waals surface area contributed by atoms with E-state index < -0.39 is 9.84 Å². The predicted octanol–water partition coefficient (Wildman–Crippen LogP) is 1.58. The van der Waals surface area contributed by atoms with Crippen LogP contribution in [0.3, 0.4) is 0 Å². The third-order valence-corrected chi connectivity index (χ3v) is 3.61. The van der Waals surface area contributed by atoms with Gasteiger partial charge in [-0.3, -0.25) is 0 Å². The summed E-state index contributed by atoms with van der Waals surface area (Å²) in [6.45, 7) is 3.11. The van der Waals surface area contributed by atoms with Crippen molar-refractivity contribution < 1.29 is 13.6 Å². The lowest BCUT2D eigenvalue weighted by molar-refractivity contribution is 0.320. The smallest absolute Gasteiger partial charge is 0.222 e. The van der Waals surface area contributed by atoms with E-state index in [4.69, 9.17) is 5.21 Å². The first-order valence-electron chi connectivity index (χ1n) is 3.99. The minimum atomic E-state index is -3.61. The van der Waals surface area contributed by atoms with Gasteiger partial charge in [-0.25, -0.2) is 8.42 Å². The molecule has 5 heteroatoms. The van der Waals surface area contributed by atoms with E-state index in [1.165, 1.54) is 19.1 Å². The topological polar surface area (TPSA) is 66.7 Å². The molecule has 0 spiro atoms. The Balaban J connectivity index is 3.25. The first kappa shape index (κ1) is 10.7. The molecule has 0 aliphatic heterocycles. The van der Waals surface area contributed by atoms with Crippen LogP contribution >= 0.6 is 0 Å². The minimum Gasteiger partial charge on any atom is -0.410 e. The first-order valence-corrected chi connectivity index (χ1v) is 5.47. The highest BCUT2D eigenvalue weighted by atomic mass is 32.2. The van der Waals surface area contributed by atoms with Crippen molar-refractivity contribution in [1.29, 1.82) is 0 Å². The molecule has 0 heterocycles. The van der Waals surface area contributed by atoms with E-state index in [0.29, 0.717) is 0 Å². The van der Waals surface area contributed by atoms with Crippen LogP contribution in [0.4, 0.5) is 0 Å². The Morgan fingerprint density at radius 1 is 1.29 bits per heavy atom. The fraction of sp³-hybridized carbons (Fsp3) is 0.222. The SMILES string of the molecule is CC(=NO)S(=O)(=O)c1ccc(C)cc1. The summed E-state index contributed by atoms with van der Waals surface area (Å²) in [6.07, 6.45) is 0. The molecule has 76 valence electrons. The molecule has 0 saturated carbocycles. The van der Waals surface area contributed by atoms with Gasteiger partial charge in [0.25, 0.3) is 0 Å². The van der Waals surface area contributed by atoms with Gasteiger partial charge in [0.1, 0.15) is 0 Å². The lowest BCUT2D eigenvalue weighted by Gasteiger charge is -2.01. The van der Waals surface area contributed by atoms with Crippen LogP contribution in [0.1, 0.15) is 12.5 Å². The molecule has 1 aromatic carbocycles. The van der Waals surface area contributed by atoms with E-state index in [1.54, 1.807) is 12.1 Å². The van der Waals surface area contributed by atoms with Crippen LogP contribution in [0.25, 0.3) is 0 Å². The predicted molar refractivity (Wildman–Crippen MR) is 53.3 cm³/mol. The van der Waals surface area contributed by atoms with E-state index in [9.17, 15) is 8.42 Å². The maximum absolute atomic E-state index is 11.6. The van der Waals surface area contributed by atoms with Gasteiger partial charge in [0.05, 0.1) is 4.90 Å². The maximum Gasteiger partial charge on any atom is 0.222 e. The van der Waals surface area contributed by atoms with Gasteiger partial charge in [0.15, 0.2) is 5.04 Å². The van der Waals surface area contributed by atoms with Crippen LogP contribution in [0.15, 0.2) is 34.3 Å². The Morgan fingerprint density at radius 3 is 2.21 bits per heavy atom. The molecule has 0 saturated heterocycles. The van der Waals surface area contributed by atoms with Gasteiger partial charge in [-0.1, -0.05) is 22.9 Å². The number of sulfone groups is 1. The van der Waals surface area contributed by atoms with Crippen molar-refractivity contribution >= 4 is 14.9 Å². The van der Waals surface area contributed by atoms with Gasteiger partial charge in [-0.2, -0.15) is 0 Å². The lowest BCUT2D eigenvalue weighted by atomic mass is 10.2. The van der Waals surface area contributed by atoms with Crippen molar-refractivity contribution in [3.8, 4) is 0 Å². The van der Waals surface area contributed by atoms with Crippen LogP contribution in [0.2, 0.25) is 0 Å². The number of aryl methyl sites for hydroxylation is 1. The summed E-state index contributed by atoms with van der Waals surface area (Å²) in [6, 6.07) is 6.35. The highest BCUT2D eigenvalue weighted by Crippen LogP contribution is 2.13. The molecule has 0 bridgehead atoms. The van der Waals surface area contributed by atoms with E-state index in [0.717, 1.165) is 5.56 Å². The van der Waals surface area contributed by atoms with Crippen molar-refractivity contribution in [2.45, 2.75) is 18.7 Å². The van der Waals surface area contributed by atoms with Gasteiger partial charge >= 0.3 is 0 Å². The van der Waals surface area contributed by atoms with Crippen LogP contribution in [0, 0.1) is 6.92 Å². The zero-order valence-electron chi connectivity index (χ0n) is 7.93. The van der Waals surface area contributed by atoms with E-state index >= 15 is 0 Å². The second kappa shape index (κ2) is 3.79. The molecule has 0 radical (unpaired) electrons. The quantitative estimate of drug-likeness (QED) is 0.333. The molecular weight excluding hydrogens is 202 g/mol. The molecule has 0 atom stereocenters. The second-order valence-corrected chi connectivity index (χ2v) is 5.00. The molecule has 0 amide bonds. The Hall–Kier alpha value is -1.36. The van der Waals surface area contributed by atoms with Crippen molar-refractivity contribution in [3.05, 3.63) is 29.8 Å². The summed E-state index contributed by atoms with van der Waals surface area (Å²) in [5.74, 6) is 0. The molecule has 0 aromatic heterocycles. The molecule has 1 aromatic rings. The number of oxime groups is 1. The highest BCUT2D eigenvalue weighted by molar-refractivity contribution is 8.06. The number of rotatable bonds is 1. The molecule has 0 fully saturated rings. The third kappa shape index (κ3) is 1.93. The molecular formula is C9H11NO3S. The maximum atomic E-state index is 11.6. The number of benzene rings is 1. The molecule has 1 rings (SSSR count). The zero-order valence-corrected chi connectivity index (χ0v) is 8.75. The van der Waals surface area contributed by atoms with Crippen molar-refractivity contribution in [2.24, 2.45) is 5.16 Å². The van der Waals surface area contributed by atoms with Crippen LogP contribution < -0.4 is 0 Å². The van der Waals surface area contributed by atoms with Gasteiger partial charge in [-0.05, 0) is 26.0 Å². The van der Waals surface area contributed by atoms with E-state index in [2.05, 4.69) is 5.16 Å². The molecule has 4 nitrogen and oxygen atoms in total. The van der Waals surface area contributed by atoms with Gasteiger partial charge in [-0.15, -0.1) is 0 Å². The van der Waals surface area contributed by atoms with Crippen LogP contribution in [0.5, 0.6) is 0 Å². The Morgan fingerprint density at radius 2 is 1.79 bits per heavy atom. The highest BCUT2D eigenvalue weighted by Gasteiger charge is 2.18. The second-order valence-electron chi connectivity index (χ2n) is 2.94. The normalized spacial score (nSPS) is 12.9. The van der Waals surface area contributed by atoms with E-state index in [1.807, 2.05) is 6.92 Å². The monoisotopic (exact) mass is 213 g/mol. The summed E-state index contributed by atoms with van der Waals surface area (Å²) in [4.78, 5) is 0.137. The van der Waals surface area contributed by atoms with Crippen LogP contribution in [-0.2, 0) is 9.84 Å². The minimum absolute atomic E-state index is 0.137. The summed E-state index contributed by atoms with van der Waals surface area (Å²) >= 11 is 0. The molecule has 0 aliphatic carbocycles. The summed E-state index contributed by atoms with van der Waals surface area (Å²) in [7, 11) is -3.61. The largest absolute Gasteiger partial charge is 0.410 e. The third-order valence-electron chi connectivity index (χ3n) is 1.86. The van der Waals surface area contributed by atoms with Crippen LogP contribution in [-0.4, -0.2) is 18.7 Å². The average Bonchev–Trinajstić information content (AvgIpc) is 2.17. The summed E-state index contributed by atoms with van der Waals surface area (Å²) in [5.41, 5.74) is 0.975. The molecule has 0 aliphatic rings. The van der Waals surface area contributed by atoms with Crippen molar-refractivity contribution in [3.63, 3.8) is 0 Å². The van der Waals surface area contributed by atoms with Crippen molar-refractivity contribution in [2.75, 3.05) is 0 Å². The Kier molecular flexibility index (Phi) is 2.90. The zero-order chi connectivity index (χ0) is 10.8. The molecule has 0 unspecified atom stereocenters. The number of nitrogens with zero attached hydrogens (tertiary/aromatic N) is 1. The standard InChI is InChI=1S/C9H11NO3S/c1-7-3-5-9(6-4-7)14(12,13)8(2)10-11/h3-6,11H,1-2H3. The molecule has 14 heavy (non-hydrogen) atoms. The fourth-order valence-electron chi connectivity index (χ4n) is 0.942. The van der Waals surface area contributed by atoms with E-state index in [-0.39, 0.29) is 9.94 Å². The average molecular weight is 213 g/mol. The molecule has 1 N–H and O–H groups in total.